The number of hydrogen-bond donors (Lipinski definition) is 1. The Labute approximate surface area is 184 Å². The van der Waals surface area contributed by atoms with Crippen LogP contribution in [0.15, 0.2) is 47.0 Å². The summed E-state index contributed by atoms with van der Waals surface area (Å²) < 4.78 is 25.8. The Hall–Kier alpha value is -2.90. The van der Waals surface area contributed by atoms with E-state index in [1.807, 2.05) is 18.7 Å². The van der Waals surface area contributed by atoms with Gasteiger partial charge in [0.15, 0.2) is 0 Å². The minimum atomic E-state index is -0.450. The van der Waals surface area contributed by atoms with Gasteiger partial charge in [-0.05, 0) is 45.0 Å². The second kappa shape index (κ2) is 8.69. The normalized spacial score (nSPS) is 18.8. The lowest BCUT2D eigenvalue weighted by Crippen LogP contribution is -2.45. The number of halogens is 2. The van der Waals surface area contributed by atoms with Crippen molar-refractivity contribution in [3.05, 3.63) is 64.6 Å². The van der Waals surface area contributed by atoms with Gasteiger partial charge < -0.3 is 19.5 Å². The lowest BCUT2D eigenvalue weighted by atomic mass is 10.1. The number of nitrogens with one attached hydrogen (secondary N) is 1. The number of nitrogens with zero attached hydrogens (tertiary/aromatic N) is 2. The van der Waals surface area contributed by atoms with Gasteiger partial charge in [0.25, 0.3) is 5.91 Å². The van der Waals surface area contributed by atoms with Crippen molar-refractivity contribution in [3.8, 4) is 11.3 Å². The Morgan fingerprint density at radius 1 is 1.19 bits per heavy atom. The lowest BCUT2D eigenvalue weighted by Gasteiger charge is -2.37. The number of benzene rings is 2. The van der Waals surface area contributed by atoms with Crippen molar-refractivity contribution in [1.29, 1.82) is 0 Å². The standard InChI is InChI=1S/C23H23ClFN3O3/c1-13-11-28(12-14(2)30-13)20-9-8-16(10-19(20)25)26-23(29)21-15(3)31-27-22(21)17-6-4-5-7-18(17)24/h4-10,13-14H,11-12H2,1-3H3,(H,26,29). The zero-order valence-electron chi connectivity index (χ0n) is 17.5. The average molecular weight is 444 g/mol. The third kappa shape index (κ3) is 4.43. The first-order valence-electron chi connectivity index (χ1n) is 10.1. The summed E-state index contributed by atoms with van der Waals surface area (Å²) in [6.07, 6.45) is 0.0321. The van der Waals surface area contributed by atoms with E-state index < -0.39 is 11.7 Å². The number of anilines is 2. The molecule has 2 aromatic carbocycles. The van der Waals surface area contributed by atoms with Crippen LogP contribution in [0.3, 0.4) is 0 Å². The van der Waals surface area contributed by atoms with Gasteiger partial charge in [-0.2, -0.15) is 0 Å². The van der Waals surface area contributed by atoms with Crippen molar-refractivity contribution in [2.45, 2.75) is 33.0 Å². The molecule has 162 valence electrons. The number of morpholine rings is 1. The zero-order chi connectivity index (χ0) is 22.1. The molecule has 1 N–H and O–H groups in total. The molecule has 2 unspecified atom stereocenters. The average Bonchev–Trinajstić information content (AvgIpc) is 3.09. The zero-order valence-corrected chi connectivity index (χ0v) is 18.2. The van der Waals surface area contributed by atoms with Crippen molar-refractivity contribution < 1.29 is 18.4 Å². The van der Waals surface area contributed by atoms with Crippen molar-refractivity contribution in [1.82, 2.24) is 5.16 Å². The van der Waals surface area contributed by atoms with E-state index in [0.29, 0.717) is 46.5 Å². The highest BCUT2D eigenvalue weighted by atomic mass is 35.5. The van der Waals surface area contributed by atoms with E-state index in [0.717, 1.165) is 0 Å². The summed E-state index contributed by atoms with van der Waals surface area (Å²) in [7, 11) is 0. The molecule has 0 saturated carbocycles. The molecule has 8 heteroatoms. The van der Waals surface area contributed by atoms with E-state index in [1.54, 1.807) is 43.3 Å². The number of aromatic nitrogens is 1. The van der Waals surface area contributed by atoms with E-state index in [9.17, 15) is 9.18 Å². The topological polar surface area (TPSA) is 67.6 Å². The van der Waals surface area contributed by atoms with E-state index in [-0.39, 0.29) is 17.8 Å². The van der Waals surface area contributed by atoms with Gasteiger partial charge in [-0.3, -0.25) is 4.79 Å². The number of rotatable bonds is 4. The molecule has 1 amide bonds. The van der Waals surface area contributed by atoms with Crippen molar-refractivity contribution >= 4 is 28.9 Å². The van der Waals surface area contributed by atoms with Gasteiger partial charge in [0.2, 0.25) is 0 Å². The molecule has 6 nitrogen and oxygen atoms in total. The number of carbonyl (C=O) groups excluding carboxylic acids is 1. The first-order valence-corrected chi connectivity index (χ1v) is 10.4. The molecule has 0 bridgehead atoms. The van der Waals surface area contributed by atoms with E-state index in [2.05, 4.69) is 10.5 Å². The third-order valence-corrected chi connectivity index (χ3v) is 5.51. The molecule has 0 radical (unpaired) electrons. The van der Waals surface area contributed by atoms with Crippen LogP contribution >= 0.6 is 11.6 Å². The fraction of sp³-hybridized carbons (Fsp3) is 0.304. The summed E-state index contributed by atoms with van der Waals surface area (Å²) in [5.41, 5.74) is 2.01. The predicted molar refractivity (Wildman–Crippen MR) is 118 cm³/mol. The molecule has 0 spiro atoms. The maximum absolute atomic E-state index is 14.9. The fourth-order valence-electron chi connectivity index (χ4n) is 3.89. The number of aryl methyl sites for hydroxylation is 1. The van der Waals surface area contributed by atoms with Gasteiger partial charge in [-0.1, -0.05) is 35.0 Å². The third-order valence-electron chi connectivity index (χ3n) is 5.18. The minimum absolute atomic E-state index is 0.0160. The molecule has 1 aliphatic heterocycles. The molecule has 1 saturated heterocycles. The van der Waals surface area contributed by atoms with Gasteiger partial charge in [-0.25, -0.2) is 4.39 Å². The van der Waals surface area contributed by atoms with Crippen molar-refractivity contribution in [2.24, 2.45) is 0 Å². The monoisotopic (exact) mass is 443 g/mol. The van der Waals surface area contributed by atoms with Gasteiger partial charge in [0.05, 0.1) is 22.9 Å². The van der Waals surface area contributed by atoms with E-state index >= 15 is 0 Å². The number of amides is 1. The van der Waals surface area contributed by atoms with Gasteiger partial charge >= 0.3 is 0 Å². The van der Waals surface area contributed by atoms with Crippen molar-refractivity contribution in [3.63, 3.8) is 0 Å². The molecular weight excluding hydrogens is 421 g/mol. The van der Waals surface area contributed by atoms with Crippen LogP contribution in [0, 0.1) is 12.7 Å². The van der Waals surface area contributed by atoms with Crippen LogP contribution in [0.25, 0.3) is 11.3 Å². The van der Waals surface area contributed by atoms with Crippen LogP contribution in [0.4, 0.5) is 15.8 Å². The fourth-order valence-corrected chi connectivity index (χ4v) is 4.11. The van der Waals surface area contributed by atoms with Crippen LogP contribution < -0.4 is 10.2 Å². The Balaban J connectivity index is 1.57. The second-order valence-corrected chi connectivity index (χ2v) is 8.13. The maximum Gasteiger partial charge on any atom is 0.261 e. The summed E-state index contributed by atoms with van der Waals surface area (Å²) >= 11 is 6.26. The molecule has 0 aliphatic carbocycles. The van der Waals surface area contributed by atoms with Gasteiger partial charge in [0, 0.05) is 24.3 Å². The minimum Gasteiger partial charge on any atom is -0.372 e. The number of ether oxygens (including phenoxy) is 1. The smallest absolute Gasteiger partial charge is 0.261 e. The van der Waals surface area contributed by atoms with Crippen LogP contribution in [0.2, 0.25) is 5.02 Å². The second-order valence-electron chi connectivity index (χ2n) is 7.72. The van der Waals surface area contributed by atoms with E-state index in [1.165, 1.54) is 6.07 Å². The predicted octanol–water partition coefficient (Wildman–Crippen LogP) is 5.31. The van der Waals surface area contributed by atoms with Gasteiger partial charge in [-0.15, -0.1) is 0 Å². The summed E-state index contributed by atoms with van der Waals surface area (Å²) in [6, 6.07) is 11.7. The molecule has 1 fully saturated rings. The SMILES string of the molecule is Cc1onc(-c2ccccc2Cl)c1C(=O)Nc1ccc(N2CC(C)OC(C)C2)c(F)c1. The van der Waals surface area contributed by atoms with Crippen LogP contribution in [-0.4, -0.2) is 36.4 Å². The highest BCUT2D eigenvalue weighted by Crippen LogP contribution is 2.32. The first kappa shape index (κ1) is 21.3. The summed E-state index contributed by atoms with van der Waals surface area (Å²) in [5.74, 6) is -0.511. The van der Waals surface area contributed by atoms with Crippen molar-refractivity contribution in [2.75, 3.05) is 23.3 Å². The molecule has 4 rings (SSSR count). The largest absolute Gasteiger partial charge is 0.372 e. The molecule has 2 heterocycles. The van der Waals surface area contributed by atoms with Crippen LogP contribution in [0.1, 0.15) is 30.0 Å². The van der Waals surface area contributed by atoms with Gasteiger partial charge in [0.1, 0.15) is 22.8 Å². The molecule has 31 heavy (non-hydrogen) atoms. The summed E-state index contributed by atoms with van der Waals surface area (Å²) in [4.78, 5) is 14.9. The van der Waals surface area contributed by atoms with E-state index in [4.69, 9.17) is 20.9 Å². The Morgan fingerprint density at radius 3 is 2.58 bits per heavy atom. The molecule has 2 atom stereocenters. The molecule has 1 aromatic heterocycles. The Morgan fingerprint density at radius 2 is 1.90 bits per heavy atom. The Bertz CT molecular complexity index is 1110. The number of hydrogen-bond acceptors (Lipinski definition) is 5. The molecule has 1 aliphatic rings. The lowest BCUT2D eigenvalue weighted by molar-refractivity contribution is -0.00539. The molecular formula is C23H23ClFN3O3. The highest BCUT2D eigenvalue weighted by Gasteiger charge is 2.26. The quantitative estimate of drug-likeness (QED) is 0.592. The van der Waals surface area contributed by atoms with Crippen LogP contribution in [0.5, 0.6) is 0 Å². The maximum atomic E-state index is 14.9. The summed E-state index contributed by atoms with van der Waals surface area (Å²) in [6.45, 7) is 6.79. The number of carbonyl (C=O) groups is 1. The Kier molecular flexibility index (Phi) is 5.98. The summed E-state index contributed by atoms with van der Waals surface area (Å²) in [5, 5.41) is 7.19. The highest BCUT2D eigenvalue weighted by molar-refractivity contribution is 6.33. The molecule has 3 aromatic rings. The van der Waals surface area contributed by atoms with Crippen LogP contribution in [-0.2, 0) is 4.74 Å². The first-order chi connectivity index (χ1) is 14.8.